The Bertz CT molecular complexity index is 1260. The Morgan fingerprint density at radius 1 is 0.871 bits per heavy atom. The summed E-state index contributed by atoms with van der Waals surface area (Å²) in [6.07, 6.45) is 9.51. The van der Waals surface area contributed by atoms with Crippen LogP contribution >= 0.6 is 0 Å². The lowest BCUT2D eigenvalue weighted by Crippen LogP contribution is -2.30. The zero-order valence-electron chi connectivity index (χ0n) is 19.1. The molecular formula is C29H31N2+. The standard InChI is InChI=1S/C29H31N2/c1-19-15-20(2)21(3)26(16-19)29-27-17-24(10-9-22(27)13-14-31(29)4)25-11-12-28(30-18-25)23-7-5-6-8-23/h9-18,23H,5-8H2,1-4H3/q+1. The van der Waals surface area contributed by atoms with Crippen LogP contribution in [-0.2, 0) is 7.05 Å². The van der Waals surface area contributed by atoms with Crippen molar-refractivity contribution >= 4 is 10.8 Å². The summed E-state index contributed by atoms with van der Waals surface area (Å²) in [6, 6.07) is 18.1. The van der Waals surface area contributed by atoms with Crippen LogP contribution < -0.4 is 4.57 Å². The van der Waals surface area contributed by atoms with Crippen LogP contribution in [0.25, 0.3) is 33.2 Å². The van der Waals surface area contributed by atoms with Crippen LogP contribution in [0, 0.1) is 20.8 Å². The average molecular weight is 408 g/mol. The smallest absolute Gasteiger partial charge is 0.220 e. The van der Waals surface area contributed by atoms with Crippen molar-refractivity contribution in [2.75, 3.05) is 0 Å². The summed E-state index contributed by atoms with van der Waals surface area (Å²) >= 11 is 0. The van der Waals surface area contributed by atoms with Gasteiger partial charge in [0.1, 0.15) is 7.05 Å². The number of benzene rings is 2. The van der Waals surface area contributed by atoms with Crippen LogP contribution in [0.3, 0.4) is 0 Å². The topological polar surface area (TPSA) is 16.8 Å². The van der Waals surface area contributed by atoms with Gasteiger partial charge in [0.05, 0.1) is 10.9 Å². The van der Waals surface area contributed by atoms with E-state index < -0.39 is 0 Å². The predicted octanol–water partition coefficient (Wildman–Crippen LogP) is 6.98. The Morgan fingerprint density at radius 3 is 2.39 bits per heavy atom. The summed E-state index contributed by atoms with van der Waals surface area (Å²) in [5.74, 6) is 0.656. The number of nitrogens with zero attached hydrogens (tertiary/aromatic N) is 2. The SMILES string of the molecule is Cc1cc(C)c(C)c(-c2c3cc(-c4ccc(C5CCCC5)nc4)ccc3cc[n+]2C)c1. The monoisotopic (exact) mass is 407 g/mol. The maximum Gasteiger partial charge on any atom is 0.220 e. The van der Waals surface area contributed by atoms with E-state index in [9.17, 15) is 0 Å². The van der Waals surface area contributed by atoms with Gasteiger partial charge in [0.15, 0.2) is 6.20 Å². The molecular weight excluding hydrogens is 376 g/mol. The van der Waals surface area contributed by atoms with E-state index in [2.05, 4.69) is 93.3 Å². The molecule has 1 aliphatic rings. The highest BCUT2D eigenvalue weighted by molar-refractivity contribution is 5.96. The molecule has 0 atom stereocenters. The molecule has 0 aliphatic heterocycles. The number of rotatable bonds is 3. The van der Waals surface area contributed by atoms with Crippen molar-refractivity contribution < 1.29 is 4.57 Å². The fraction of sp³-hybridized carbons (Fsp3) is 0.310. The van der Waals surface area contributed by atoms with Crippen LogP contribution in [0.4, 0.5) is 0 Å². The van der Waals surface area contributed by atoms with Gasteiger partial charge in [0.2, 0.25) is 5.69 Å². The van der Waals surface area contributed by atoms with Gasteiger partial charge < -0.3 is 0 Å². The second kappa shape index (κ2) is 7.92. The molecule has 2 heterocycles. The van der Waals surface area contributed by atoms with E-state index in [0.29, 0.717) is 5.92 Å². The number of hydrogen-bond acceptors (Lipinski definition) is 1. The number of hydrogen-bond donors (Lipinski definition) is 0. The first kappa shape index (κ1) is 19.9. The van der Waals surface area contributed by atoms with E-state index in [1.807, 2.05) is 0 Å². The Hall–Kier alpha value is -3.00. The summed E-state index contributed by atoms with van der Waals surface area (Å²) in [6.45, 7) is 6.63. The van der Waals surface area contributed by atoms with Crippen LogP contribution in [-0.4, -0.2) is 4.98 Å². The van der Waals surface area contributed by atoms with Gasteiger partial charge >= 0.3 is 0 Å². The number of aromatic nitrogens is 2. The Labute approximate surface area is 185 Å². The van der Waals surface area contributed by atoms with E-state index in [0.717, 1.165) is 0 Å². The van der Waals surface area contributed by atoms with Gasteiger partial charge in [-0.05, 0) is 73.9 Å². The van der Waals surface area contributed by atoms with Crippen molar-refractivity contribution in [3.05, 3.63) is 83.3 Å². The van der Waals surface area contributed by atoms with E-state index in [4.69, 9.17) is 4.98 Å². The fourth-order valence-corrected chi connectivity index (χ4v) is 5.20. The van der Waals surface area contributed by atoms with Crippen molar-refractivity contribution in [2.24, 2.45) is 7.05 Å². The molecule has 31 heavy (non-hydrogen) atoms. The number of fused-ring (bicyclic) bond motifs is 1. The number of aryl methyl sites for hydroxylation is 3. The lowest BCUT2D eigenvalue weighted by Gasteiger charge is -2.13. The van der Waals surface area contributed by atoms with Crippen LogP contribution in [0.1, 0.15) is 54.0 Å². The Kier molecular flexibility index (Phi) is 5.09. The zero-order chi connectivity index (χ0) is 21.5. The second-order valence-corrected chi connectivity index (χ2v) is 9.28. The molecule has 156 valence electrons. The van der Waals surface area contributed by atoms with Crippen molar-refractivity contribution in [3.63, 3.8) is 0 Å². The molecule has 1 aliphatic carbocycles. The molecule has 0 amide bonds. The number of pyridine rings is 2. The minimum atomic E-state index is 0.656. The highest BCUT2D eigenvalue weighted by atomic mass is 14.9. The molecule has 0 radical (unpaired) electrons. The van der Waals surface area contributed by atoms with Gasteiger partial charge in [-0.15, -0.1) is 0 Å². The lowest BCUT2D eigenvalue weighted by atomic mass is 9.93. The molecule has 0 spiro atoms. The zero-order valence-corrected chi connectivity index (χ0v) is 19.1. The van der Waals surface area contributed by atoms with Crippen molar-refractivity contribution in [3.8, 4) is 22.4 Å². The summed E-state index contributed by atoms with van der Waals surface area (Å²) in [7, 11) is 2.15. The summed E-state index contributed by atoms with van der Waals surface area (Å²) in [5, 5.41) is 2.56. The normalized spacial score (nSPS) is 14.5. The third kappa shape index (κ3) is 3.65. The molecule has 4 aromatic rings. The Balaban J connectivity index is 1.64. The van der Waals surface area contributed by atoms with Gasteiger partial charge in [-0.3, -0.25) is 4.98 Å². The quantitative estimate of drug-likeness (QED) is 0.335. The highest BCUT2D eigenvalue weighted by Crippen LogP contribution is 2.35. The molecule has 0 saturated heterocycles. The molecule has 5 rings (SSSR count). The molecule has 0 bridgehead atoms. The highest BCUT2D eigenvalue weighted by Gasteiger charge is 2.20. The first-order valence-electron chi connectivity index (χ1n) is 11.5. The minimum Gasteiger partial charge on any atom is -0.260 e. The van der Waals surface area contributed by atoms with Gasteiger partial charge in [-0.1, -0.05) is 42.7 Å². The first-order valence-corrected chi connectivity index (χ1v) is 11.5. The Morgan fingerprint density at radius 2 is 1.65 bits per heavy atom. The first-order chi connectivity index (χ1) is 15.0. The van der Waals surface area contributed by atoms with Crippen molar-refractivity contribution in [1.29, 1.82) is 0 Å². The molecule has 0 unspecified atom stereocenters. The van der Waals surface area contributed by atoms with Crippen molar-refractivity contribution in [2.45, 2.75) is 52.4 Å². The minimum absolute atomic E-state index is 0.656. The molecule has 1 fully saturated rings. The average Bonchev–Trinajstić information content (AvgIpc) is 3.31. The summed E-state index contributed by atoms with van der Waals surface area (Å²) in [4.78, 5) is 4.85. The van der Waals surface area contributed by atoms with E-state index in [1.165, 1.54) is 81.2 Å². The second-order valence-electron chi connectivity index (χ2n) is 9.28. The lowest BCUT2D eigenvalue weighted by molar-refractivity contribution is -0.659. The predicted molar refractivity (Wildman–Crippen MR) is 129 cm³/mol. The van der Waals surface area contributed by atoms with E-state index >= 15 is 0 Å². The molecule has 0 N–H and O–H groups in total. The molecule has 2 aromatic carbocycles. The molecule has 2 nitrogen and oxygen atoms in total. The van der Waals surface area contributed by atoms with Gasteiger partial charge in [0.25, 0.3) is 0 Å². The summed E-state index contributed by atoms with van der Waals surface area (Å²) in [5.41, 5.74) is 10.3. The third-order valence-electron chi connectivity index (χ3n) is 7.10. The van der Waals surface area contributed by atoms with E-state index in [-0.39, 0.29) is 0 Å². The molecule has 2 aromatic heterocycles. The largest absolute Gasteiger partial charge is 0.260 e. The van der Waals surface area contributed by atoms with Crippen LogP contribution in [0.15, 0.2) is 60.9 Å². The van der Waals surface area contributed by atoms with Gasteiger partial charge in [-0.2, -0.15) is 0 Å². The molecule has 1 saturated carbocycles. The maximum atomic E-state index is 4.85. The maximum absolute atomic E-state index is 4.85. The van der Waals surface area contributed by atoms with Gasteiger partial charge in [0, 0.05) is 29.4 Å². The van der Waals surface area contributed by atoms with Gasteiger partial charge in [-0.25, -0.2) is 4.57 Å². The van der Waals surface area contributed by atoms with Crippen molar-refractivity contribution in [1.82, 2.24) is 4.98 Å². The van der Waals surface area contributed by atoms with Crippen LogP contribution in [0.5, 0.6) is 0 Å². The third-order valence-corrected chi connectivity index (χ3v) is 7.10. The van der Waals surface area contributed by atoms with Crippen LogP contribution in [0.2, 0.25) is 0 Å². The molecule has 2 heteroatoms. The van der Waals surface area contributed by atoms with E-state index in [1.54, 1.807) is 0 Å². The summed E-state index contributed by atoms with van der Waals surface area (Å²) < 4.78 is 2.26. The fourth-order valence-electron chi connectivity index (χ4n) is 5.20.